The highest BCUT2D eigenvalue weighted by Crippen LogP contribution is 2.26. The van der Waals surface area contributed by atoms with Crippen LogP contribution in [0.1, 0.15) is 12.8 Å². The van der Waals surface area contributed by atoms with Crippen LogP contribution in [-0.4, -0.2) is 61.1 Å². The Bertz CT molecular complexity index is 1210. The molecule has 3 aromatic rings. The fourth-order valence-electron chi connectivity index (χ4n) is 3.42. The van der Waals surface area contributed by atoms with Crippen LogP contribution >= 0.6 is 15.9 Å². The molecule has 0 unspecified atom stereocenters. The zero-order chi connectivity index (χ0) is 22.4. The van der Waals surface area contributed by atoms with Crippen molar-refractivity contribution in [2.45, 2.75) is 17.9 Å². The Morgan fingerprint density at radius 3 is 2.81 bits per heavy atom. The van der Waals surface area contributed by atoms with Gasteiger partial charge in [0.15, 0.2) is 5.03 Å². The number of nitrogens with zero attached hydrogens (tertiary/aromatic N) is 4. The van der Waals surface area contributed by atoms with Gasteiger partial charge < -0.3 is 10.1 Å². The summed E-state index contributed by atoms with van der Waals surface area (Å²) in [7, 11) is -3.67. The molecule has 0 amide bonds. The summed E-state index contributed by atoms with van der Waals surface area (Å²) in [5.41, 5.74) is 1.38. The lowest BCUT2D eigenvalue weighted by Gasteiger charge is -2.26. The highest BCUT2D eigenvalue weighted by Gasteiger charge is 2.15. The molecule has 1 aromatic carbocycles. The van der Waals surface area contributed by atoms with Crippen LogP contribution in [0.25, 0.3) is 10.9 Å². The van der Waals surface area contributed by atoms with E-state index in [9.17, 15) is 8.42 Å². The van der Waals surface area contributed by atoms with Gasteiger partial charge in [-0.05, 0) is 43.7 Å². The first-order valence-electron chi connectivity index (χ1n) is 10.4. The fraction of sp³-hybridized carbons (Fsp3) is 0.318. The van der Waals surface area contributed by atoms with Crippen LogP contribution in [0.5, 0.6) is 0 Å². The van der Waals surface area contributed by atoms with Crippen molar-refractivity contribution in [2.24, 2.45) is 0 Å². The number of rotatable bonds is 8. The lowest BCUT2D eigenvalue weighted by atomic mass is 10.2. The summed E-state index contributed by atoms with van der Waals surface area (Å²) in [4.78, 5) is 15.0. The predicted molar refractivity (Wildman–Crippen MR) is 128 cm³/mol. The summed E-state index contributed by atoms with van der Waals surface area (Å²) in [6, 6.07) is 9.15. The number of anilines is 2. The average Bonchev–Trinajstić information content (AvgIpc) is 2.79. The second-order valence-electron chi connectivity index (χ2n) is 7.41. The molecule has 8 nitrogen and oxygen atoms in total. The van der Waals surface area contributed by atoms with Gasteiger partial charge in [0.2, 0.25) is 9.84 Å². The Hall–Kier alpha value is -2.40. The highest BCUT2D eigenvalue weighted by atomic mass is 79.9. The first-order chi connectivity index (χ1) is 15.5. The molecule has 0 aliphatic carbocycles. The zero-order valence-corrected chi connectivity index (χ0v) is 19.8. The van der Waals surface area contributed by atoms with Gasteiger partial charge in [0, 0.05) is 34.0 Å². The number of halogens is 1. The molecule has 0 radical (unpaired) electrons. The third-order valence-corrected chi connectivity index (χ3v) is 6.95. The van der Waals surface area contributed by atoms with Crippen LogP contribution < -0.4 is 5.32 Å². The maximum atomic E-state index is 12.8. The summed E-state index contributed by atoms with van der Waals surface area (Å²) < 4.78 is 31.9. The number of morpholine rings is 1. The predicted octanol–water partition coefficient (Wildman–Crippen LogP) is 3.93. The Labute approximate surface area is 195 Å². The van der Waals surface area contributed by atoms with Crippen molar-refractivity contribution in [3.05, 3.63) is 58.8 Å². The summed E-state index contributed by atoms with van der Waals surface area (Å²) in [5.74, 6) is 0.515. The Morgan fingerprint density at radius 2 is 2.00 bits per heavy atom. The second kappa shape index (κ2) is 10.5. The van der Waals surface area contributed by atoms with E-state index in [0.717, 1.165) is 49.4 Å². The van der Waals surface area contributed by atoms with E-state index in [-0.39, 0.29) is 5.03 Å². The molecule has 32 heavy (non-hydrogen) atoms. The highest BCUT2D eigenvalue weighted by molar-refractivity contribution is 9.10. The van der Waals surface area contributed by atoms with E-state index < -0.39 is 9.84 Å². The van der Waals surface area contributed by atoms with Gasteiger partial charge in [-0.25, -0.2) is 23.4 Å². The van der Waals surface area contributed by atoms with E-state index in [1.165, 1.54) is 24.0 Å². The fourth-order valence-corrected chi connectivity index (χ4v) is 4.83. The summed E-state index contributed by atoms with van der Waals surface area (Å²) >= 11 is 3.44. The first-order valence-corrected chi connectivity index (χ1v) is 12.7. The van der Waals surface area contributed by atoms with E-state index in [0.29, 0.717) is 23.1 Å². The maximum absolute atomic E-state index is 12.8. The molecule has 1 saturated heterocycles. The second-order valence-corrected chi connectivity index (χ2v) is 10.1. The van der Waals surface area contributed by atoms with Crippen LogP contribution in [0.3, 0.4) is 0 Å². The maximum Gasteiger partial charge on any atom is 0.216 e. The number of nitrogens with one attached hydrogen (secondary N) is 1. The third-order valence-electron chi connectivity index (χ3n) is 5.10. The molecule has 1 N–H and O–H groups in total. The van der Waals surface area contributed by atoms with E-state index in [4.69, 9.17) is 4.74 Å². The number of benzene rings is 1. The molecule has 2 aromatic heterocycles. The van der Waals surface area contributed by atoms with Gasteiger partial charge in [0.1, 0.15) is 12.1 Å². The van der Waals surface area contributed by atoms with Crippen LogP contribution in [0.4, 0.5) is 11.5 Å². The molecule has 0 atom stereocenters. The number of sulfone groups is 1. The largest absolute Gasteiger partial charge is 0.379 e. The van der Waals surface area contributed by atoms with E-state index in [2.05, 4.69) is 41.1 Å². The van der Waals surface area contributed by atoms with Crippen LogP contribution in [0.2, 0.25) is 0 Å². The minimum Gasteiger partial charge on any atom is -0.379 e. The Kier molecular flexibility index (Phi) is 7.46. The first kappa shape index (κ1) is 22.8. The number of pyridine rings is 1. The van der Waals surface area contributed by atoms with Gasteiger partial charge in [-0.3, -0.25) is 4.90 Å². The van der Waals surface area contributed by atoms with Crippen molar-refractivity contribution in [2.75, 3.05) is 38.2 Å². The summed E-state index contributed by atoms with van der Waals surface area (Å²) in [5, 5.41) is 5.02. The zero-order valence-electron chi connectivity index (χ0n) is 17.4. The van der Waals surface area contributed by atoms with Crippen molar-refractivity contribution < 1.29 is 13.2 Å². The van der Waals surface area contributed by atoms with Gasteiger partial charge in [-0.1, -0.05) is 28.1 Å². The Morgan fingerprint density at radius 1 is 1.16 bits per heavy atom. The number of aromatic nitrogens is 3. The van der Waals surface area contributed by atoms with Gasteiger partial charge in [-0.2, -0.15) is 0 Å². The molecule has 1 fully saturated rings. The molecule has 0 bridgehead atoms. The number of fused-ring (bicyclic) bond motifs is 1. The van der Waals surface area contributed by atoms with Crippen LogP contribution in [0.15, 0.2) is 63.8 Å². The summed E-state index contributed by atoms with van der Waals surface area (Å²) in [6.45, 7) is 4.33. The molecule has 0 saturated carbocycles. The van der Waals surface area contributed by atoms with Gasteiger partial charge in [-0.15, -0.1) is 0 Å². The van der Waals surface area contributed by atoms with E-state index in [1.807, 2.05) is 24.3 Å². The minimum atomic E-state index is -3.67. The average molecular weight is 518 g/mol. The molecule has 4 rings (SSSR count). The minimum absolute atomic E-state index is 0.0264. The van der Waals surface area contributed by atoms with Crippen molar-refractivity contribution in [3.8, 4) is 0 Å². The molecule has 1 aliphatic rings. The quantitative estimate of drug-likeness (QED) is 0.448. The molecular formula is C22H24BrN5O3S. The number of unbranched alkanes of at least 4 members (excludes halogenated alkanes) is 1. The molecular weight excluding hydrogens is 494 g/mol. The van der Waals surface area contributed by atoms with Crippen molar-refractivity contribution in [1.29, 1.82) is 0 Å². The molecule has 1 aliphatic heterocycles. The van der Waals surface area contributed by atoms with Crippen LogP contribution in [-0.2, 0) is 14.6 Å². The lowest BCUT2D eigenvalue weighted by molar-refractivity contribution is 0.0375. The summed E-state index contributed by atoms with van der Waals surface area (Å²) in [6.07, 6.45) is 6.16. The number of allylic oxidation sites excluding steroid dienone is 1. The molecule has 168 valence electrons. The standard InChI is InChI=1S/C22H24BrN5O3S/c23-17-5-4-6-18(13-17)27-22-19-14-21(24-15-20(19)25-16-26-22)32(29,30)12-3-1-2-7-28-8-10-31-11-9-28/h3-6,12-16H,1-2,7-11H2,(H,25,26,27). The van der Waals surface area contributed by atoms with Crippen LogP contribution in [0, 0.1) is 0 Å². The van der Waals surface area contributed by atoms with Crippen molar-refractivity contribution in [1.82, 2.24) is 19.9 Å². The topological polar surface area (TPSA) is 97.3 Å². The number of ether oxygens (including phenoxy) is 1. The number of hydrogen-bond acceptors (Lipinski definition) is 8. The third kappa shape index (κ3) is 5.89. The SMILES string of the molecule is O=S(=O)(C=CCCCN1CCOCC1)c1cc2c(Nc3cccc(Br)c3)ncnc2cn1. The van der Waals surface area contributed by atoms with E-state index in [1.54, 1.807) is 6.08 Å². The number of hydrogen-bond donors (Lipinski definition) is 1. The van der Waals surface area contributed by atoms with E-state index >= 15 is 0 Å². The molecule has 3 heterocycles. The molecule has 10 heteroatoms. The van der Waals surface area contributed by atoms with Crippen molar-refractivity contribution >= 4 is 48.2 Å². The van der Waals surface area contributed by atoms with Gasteiger partial charge in [0.25, 0.3) is 0 Å². The normalized spacial score (nSPS) is 15.4. The Balaban J connectivity index is 1.47. The van der Waals surface area contributed by atoms with Crippen molar-refractivity contribution in [3.63, 3.8) is 0 Å². The molecule has 0 spiro atoms. The monoisotopic (exact) mass is 517 g/mol. The van der Waals surface area contributed by atoms with Gasteiger partial charge >= 0.3 is 0 Å². The lowest BCUT2D eigenvalue weighted by Crippen LogP contribution is -2.36. The smallest absolute Gasteiger partial charge is 0.216 e. The van der Waals surface area contributed by atoms with Gasteiger partial charge in [0.05, 0.1) is 24.9 Å².